The van der Waals surface area contributed by atoms with Crippen LogP contribution in [0.5, 0.6) is 0 Å². The van der Waals surface area contributed by atoms with E-state index in [1.165, 1.54) is 17.0 Å². The summed E-state index contributed by atoms with van der Waals surface area (Å²) in [6.45, 7) is 7.97. The van der Waals surface area contributed by atoms with Gasteiger partial charge in [0.05, 0.1) is 5.39 Å². The summed E-state index contributed by atoms with van der Waals surface area (Å²) < 4.78 is 13.4. The van der Waals surface area contributed by atoms with Crippen molar-refractivity contribution in [2.75, 3.05) is 31.1 Å². The first-order valence-corrected chi connectivity index (χ1v) is 9.44. The standard InChI is InChI=1S/C19H21FN4S/c1-12-16(14-4-6-15(20)7-5-14)17-18(22-13(2)23-19(17)25-12)24-10-3-8-21-9-11-24/h4-7,21H,3,8-11H2,1-2H3. The first-order valence-electron chi connectivity index (χ1n) is 8.63. The molecule has 0 radical (unpaired) electrons. The average molecular weight is 356 g/mol. The van der Waals surface area contributed by atoms with E-state index in [1.54, 1.807) is 11.3 Å². The highest BCUT2D eigenvalue weighted by atomic mass is 32.1. The van der Waals surface area contributed by atoms with Crippen molar-refractivity contribution >= 4 is 27.4 Å². The Kier molecular flexibility index (Phi) is 4.39. The molecule has 1 aliphatic rings. The van der Waals surface area contributed by atoms with Gasteiger partial charge in [-0.2, -0.15) is 0 Å². The maximum absolute atomic E-state index is 13.4. The van der Waals surface area contributed by atoms with E-state index in [4.69, 9.17) is 4.98 Å². The van der Waals surface area contributed by atoms with Gasteiger partial charge in [0.15, 0.2) is 0 Å². The summed E-state index contributed by atoms with van der Waals surface area (Å²) in [6, 6.07) is 6.72. The second-order valence-electron chi connectivity index (χ2n) is 6.41. The Hall–Kier alpha value is -2.05. The summed E-state index contributed by atoms with van der Waals surface area (Å²) in [6.07, 6.45) is 1.10. The van der Waals surface area contributed by atoms with Crippen molar-refractivity contribution in [3.8, 4) is 11.1 Å². The third kappa shape index (κ3) is 3.12. The normalized spacial score (nSPS) is 15.6. The molecule has 0 atom stereocenters. The summed E-state index contributed by atoms with van der Waals surface area (Å²) in [5, 5.41) is 4.54. The Labute approximate surface area is 150 Å². The molecule has 3 heterocycles. The van der Waals surface area contributed by atoms with Gasteiger partial charge < -0.3 is 10.2 Å². The average Bonchev–Trinajstić information content (AvgIpc) is 2.77. The number of hydrogen-bond donors (Lipinski definition) is 1. The van der Waals surface area contributed by atoms with Gasteiger partial charge in [0.1, 0.15) is 22.3 Å². The Morgan fingerprint density at radius 3 is 2.68 bits per heavy atom. The van der Waals surface area contributed by atoms with Gasteiger partial charge in [-0.05, 0) is 44.5 Å². The molecule has 0 amide bonds. The van der Waals surface area contributed by atoms with Gasteiger partial charge in [-0.1, -0.05) is 12.1 Å². The molecule has 0 saturated carbocycles. The number of thiophene rings is 1. The van der Waals surface area contributed by atoms with Crippen molar-refractivity contribution < 1.29 is 4.39 Å². The summed E-state index contributed by atoms with van der Waals surface area (Å²) >= 11 is 1.69. The largest absolute Gasteiger partial charge is 0.355 e. The van der Waals surface area contributed by atoms with Crippen LogP contribution in [0.1, 0.15) is 17.1 Å². The molecule has 4 nitrogen and oxygen atoms in total. The topological polar surface area (TPSA) is 41.1 Å². The Morgan fingerprint density at radius 1 is 1.08 bits per heavy atom. The van der Waals surface area contributed by atoms with E-state index in [0.29, 0.717) is 0 Å². The van der Waals surface area contributed by atoms with E-state index < -0.39 is 0 Å². The molecule has 2 aromatic heterocycles. The van der Waals surface area contributed by atoms with Crippen molar-refractivity contribution in [2.45, 2.75) is 20.3 Å². The van der Waals surface area contributed by atoms with Gasteiger partial charge in [-0.25, -0.2) is 14.4 Å². The molecule has 25 heavy (non-hydrogen) atoms. The van der Waals surface area contributed by atoms with Crippen LogP contribution in [0.15, 0.2) is 24.3 Å². The van der Waals surface area contributed by atoms with Gasteiger partial charge in [0.25, 0.3) is 0 Å². The second kappa shape index (κ2) is 6.69. The zero-order valence-electron chi connectivity index (χ0n) is 14.5. The van der Waals surface area contributed by atoms with Crippen molar-refractivity contribution in [1.29, 1.82) is 0 Å². The van der Waals surface area contributed by atoms with Crippen LogP contribution in [0.4, 0.5) is 10.2 Å². The van der Waals surface area contributed by atoms with Gasteiger partial charge in [0.2, 0.25) is 0 Å². The Bertz CT molecular complexity index is 896. The summed E-state index contributed by atoms with van der Waals surface area (Å²) in [5.41, 5.74) is 2.15. The van der Waals surface area contributed by atoms with Crippen molar-refractivity contribution in [2.24, 2.45) is 0 Å². The fraction of sp³-hybridized carbons (Fsp3) is 0.368. The van der Waals surface area contributed by atoms with Gasteiger partial charge in [-0.3, -0.25) is 0 Å². The molecule has 0 unspecified atom stereocenters. The molecule has 6 heteroatoms. The predicted octanol–water partition coefficient (Wildman–Crippen LogP) is 3.91. The zero-order valence-corrected chi connectivity index (χ0v) is 15.3. The van der Waals surface area contributed by atoms with Crippen LogP contribution in [-0.2, 0) is 0 Å². The minimum Gasteiger partial charge on any atom is -0.355 e. The third-order valence-electron chi connectivity index (χ3n) is 4.59. The lowest BCUT2D eigenvalue weighted by Crippen LogP contribution is -2.29. The number of hydrogen-bond acceptors (Lipinski definition) is 5. The van der Waals surface area contributed by atoms with Gasteiger partial charge in [-0.15, -0.1) is 11.3 Å². The Morgan fingerprint density at radius 2 is 1.88 bits per heavy atom. The predicted molar refractivity (Wildman–Crippen MR) is 102 cm³/mol. The maximum atomic E-state index is 13.4. The maximum Gasteiger partial charge on any atom is 0.141 e. The quantitative estimate of drug-likeness (QED) is 0.756. The molecule has 1 fully saturated rings. The first-order chi connectivity index (χ1) is 12.1. The smallest absolute Gasteiger partial charge is 0.141 e. The van der Waals surface area contributed by atoms with Crippen LogP contribution in [0.25, 0.3) is 21.3 Å². The van der Waals surface area contributed by atoms with Crippen LogP contribution in [0.3, 0.4) is 0 Å². The van der Waals surface area contributed by atoms with Crippen molar-refractivity contribution in [3.05, 3.63) is 40.8 Å². The van der Waals surface area contributed by atoms with Crippen LogP contribution in [-0.4, -0.2) is 36.1 Å². The second-order valence-corrected chi connectivity index (χ2v) is 7.61. The molecule has 0 bridgehead atoms. The highest BCUT2D eigenvalue weighted by Gasteiger charge is 2.22. The number of halogens is 1. The Balaban J connectivity index is 1.94. The van der Waals surface area contributed by atoms with E-state index in [1.807, 2.05) is 19.1 Å². The van der Waals surface area contributed by atoms with Gasteiger partial charge >= 0.3 is 0 Å². The van der Waals surface area contributed by atoms with E-state index in [0.717, 1.165) is 65.6 Å². The minimum absolute atomic E-state index is 0.216. The number of aromatic nitrogens is 2. The van der Waals surface area contributed by atoms with E-state index in [-0.39, 0.29) is 5.82 Å². The molecule has 1 aliphatic heterocycles. The summed E-state index contributed by atoms with van der Waals surface area (Å²) in [4.78, 5) is 14.0. The monoisotopic (exact) mass is 356 g/mol. The fourth-order valence-electron chi connectivity index (χ4n) is 3.45. The lowest BCUT2D eigenvalue weighted by molar-refractivity contribution is 0.628. The molecular formula is C19H21FN4S. The first kappa shape index (κ1) is 16.4. The van der Waals surface area contributed by atoms with Crippen LogP contribution >= 0.6 is 11.3 Å². The third-order valence-corrected chi connectivity index (χ3v) is 5.59. The molecule has 0 spiro atoms. The summed E-state index contributed by atoms with van der Waals surface area (Å²) in [7, 11) is 0. The van der Waals surface area contributed by atoms with Crippen molar-refractivity contribution in [3.63, 3.8) is 0 Å². The lowest BCUT2D eigenvalue weighted by atomic mass is 10.0. The molecule has 130 valence electrons. The number of aryl methyl sites for hydroxylation is 2. The van der Waals surface area contributed by atoms with Crippen LogP contribution < -0.4 is 10.2 Å². The van der Waals surface area contributed by atoms with Gasteiger partial charge in [0, 0.05) is 30.1 Å². The minimum atomic E-state index is -0.216. The fourth-order valence-corrected chi connectivity index (χ4v) is 4.53. The highest BCUT2D eigenvalue weighted by Crippen LogP contribution is 2.41. The molecule has 0 aliphatic carbocycles. The molecule has 1 N–H and O–H groups in total. The lowest BCUT2D eigenvalue weighted by Gasteiger charge is -2.23. The number of nitrogens with one attached hydrogen (secondary N) is 1. The number of rotatable bonds is 2. The molecular weight excluding hydrogens is 335 g/mol. The van der Waals surface area contributed by atoms with Crippen LogP contribution in [0.2, 0.25) is 0 Å². The molecule has 1 saturated heterocycles. The van der Waals surface area contributed by atoms with E-state index in [9.17, 15) is 4.39 Å². The molecule has 1 aromatic carbocycles. The number of nitrogens with zero attached hydrogens (tertiary/aromatic N) is 3. The van der Waals surface area contributed by atoms with Crippen LogP contribution in [0, 0.1) is 19.7 Å². The number of benzene rings is 1. The van der Waals surface area contributed by atoms with Crippen molar-refractivity contribution in [1.82, 2.24) is 15.3 Å². The molecule has 3 aromatic rings. The molecule has 4 rings (SSSR count). The zero-order chi connectivity index (χ0) is 17.4. The SMILES string of the molecule is Cc1nc(N2CCCNCC2)c2c(-c3ccc(F)cc3)c(C)sc2n1. The number of anilines is 1. The van der Waals surface area contributed by atoms with E-state index >= 15 is 0 Å². The highest BCUT2D eigenvalue weighted by molar-refractivity contribution is 7.19. The van der Waals surface area contributed by atoms with E-state index in [2.05, 4.69) is 22.1 Å². The number of fused-ring (bicyclic) bond motifs is 1. The summed E-state index contributed by atoms with van der Waals surface area (Å²) in [5.74, 6) is 1.59.